The fraction of sp³-hybridized carbons (Fsp3) is 0.167. The minimum absolute atomic E-state index is 0.282. The zero-order chi connectivity index (χ0) is 11.7. The van der Waals surface area contributed by atoms with Crippen LogP contribution in [0.3, 0.4) is 0 Å². The highest BCUT2D eigenvalue weighted by Crippen LogP contribution is 2.28. The summed E-state index contributed by atoms with van der Waals surface area (Å²) in [7, 11) is 0. The first kappa shape index (κ1) is 10.9. The molecule has 0 saturated carbocycles. The third kappa shape index (κ3) is 1.74. The maximum Gasteiger partial charge on any atom is 0.155 e. The number of hydrogen-bond donors (Lipinski definition) is 1. The molecule has 0 atom stereocenters. The molecule has 3 nitrogen and oxygen atoms in total. The third-order valence-corrected chi connectivity index (χ3v) is 2.80. The van der Waals surface area contributed by atoms with E-state index < -0.39 is 0 Å². The smallest absolute Gasteiger partial charge is 0.155 e. The molecule has 1 aromatic carbocycles. The molecule has 0 aliphatic carbocycles. The summed E-state index contributed by atoms with van der Waals surface area (Å²) in [5.41, 5.74) is 4.20. The average Bonchev–Trinajstić information content (AvgIpc) is 2.59. The molecule has 1 heterocycles. The summed E-state index contributed by atoms with van der Waals surface area (Å²) in [6.45, 7) is 4.01. The number of aldehydes is 1. The van der Waals surface area contributed by atoms with Gasteiger partial charge in [-0.25, -0.2) is 0 Å². The molecule has 16 heavy (non-hydrogen) atoms. The molecule has 2 rings (SSSR count). The van der Waals surface area contributed by atoms with Gasteiger partial charge >= 0.3 is 0 Å². The molecule has 0 aliphatic rings. The van der Waals surface area contributed by atoms with Crippen molar-refractivity contribution in [2.75, 3.05) is 0 Å². The van der Waals surface area contributed by atoms with Crippen molar-refractivity contribution in [2.45, 2.75) is 13.8 Å². The number of rotatable bonds is 2. The summed E-state index contributed by atoms with van der Waals surface area (Å²) >= 11 is 5.83. The standard InChI is InChI=1S/C12H11ClN2O/c1-7-3-4-9(8(2)5-7)11-10(6-16)12(13)15-14-11/h3-6H,1-2H3,(H,14,15). The number of halogens is 1. The van der Waals surface area contributed by atoms with Crippen LogP contribution in [0.5, 0.6) is 0 Å². The Morgan fingerprint density at radius 3 is 2.75 bits per heavy atom. The van der Waals surface area contributed by atoms with Crippen LogP contribution in [0.25, 0.3) is 11.3 Å². The number of carbonyl (C=O) groups is 1. The number of nitrogens with one attached hydrogen (secondary N) is 1. The molecule has 0 amide bonds. The van der Waals surface area contributed by atoms with Gasteiger partial charge in [0, 0.05) is 5.56 Å². The van der Waals surface area contributed by atoms with Crippen molar-refractivity contribution in [2.24, 2.45) is 0 Å². The van der Waals surface area contributed by atoms with Crippen molar-refractivity contribution in [3.8, 4) is 11.3 Å². The highest BCUT2D eigenvalue weighted by molar-refractivity contribution is 6.32. The molecule has 0 unspecified atom stereocenters. The normalized spacial score (nSPS) is 10.4. The number of aromatic nitrogens is 2. The van der Waals surface area contributed by atoms with Crippen LogP contribution in [0.15, 0.2) is 18.2 Å². The van der Waals surface area contributed by atoms with E-state index in [2.05, 4.69) is 10.2 Å². The lowest BCUT2D eigenvalue weighted by Gasteiger charge is -2.04. The molecule has 1 aromatic heterocycles. The van der Waals surface area contributed by atoms with Gasteiger partial charge in [-0.1, -0.05) is 35.4 Å². The van der Waals surface area contributed by atoms with Gasteiger partial charge in [-0.15, -0.1) is 0 Å². The molecule has 82 valence electrons. The van der Waals surface area contributed by atoms with Gasteiger partial charge in [0.05, 0.1) is 5.56 Å². The molecular weight excluding hydrogens is 224 g/mol. The van der Waals surface area contributed by atoms with Gasteiger partial charge in [0.2, 0.25) is 0 Å². The number of benzene rings is 1. The highest BCUT2D eigenvalue weighted by atomic mass is 35.5. The lowest BCUT2D eigenvalue weighted by molar-refractivity contribution is 0.112. The van der Waals surface area contributed by atoms with E-state index in [1.807, 2.05) is 32.0 Å². The predicted molar refractivity (Wildman–Crippen MR) is 63.9 cm³/mol. The Morgan fingerprint density at radius 1 is 1.38 bits per heavy atom. The second kappa shape index (κ2) is 4.10. The van der Waals surface area contributed by atoms with E-state index in [-0.39, 0.29) is 5.15 Å². The maximum atomic E-state index is 10.9. The van der Waals surface area contributed by atoms with Crippen molar-refractivity contribution < 1.29 is 4.79 Å². The second-order valence-corrected chi connectivity index (χ2v) is 4.11. The fourth-order valence-corrected chi connectivity index (χ4v) is 1.90. The van der Waals surface area contributed by atoms with E-state index in [9.17, 15) is 4.79 Å². The quantitative estimate of drug-likeness (QED) is 0.812. The van der Waals surface area contributed by atoms with E-state index in [1.165, 1.54) is 5.56 Å². The number of H-pyrrole nitrogens is 1. The minimum Gasteiger partial charge on any atom is -0.298 e. The summed E-state index contributed by atoms with van der Waals surface area (Å²) in [6, 6.07) is 5.98. The van der Waals surface area contributed by atoms with E-state index in [0.29, 0.717) is 11.3 Å². The third-order valence-electron chi connectivity index (χ3n) is 2.51. The average molecular weight is 235 g/mol. The van der Waals surface area contributed by atoms with Gasteiger partial charge in [-0.3, -0.25) is 9.89 Å². The number of aryl methyl sites for hydroxylation is 2. The monoisotopic (exact) mass is 234 g/mol. The highest BCUT2D eigenvalue weighted by Gasteiger charge is 2.14. The van der Waals surface area contributed by atoms with Crippen LogP contribution in [0.2, 0.25) is 5.15 Å². The van der Waals surface area contributed by atoms with Crippen LogP contribution in [-0.2, 0) is 0 Å². The zero-order valence-corrected chi connectivity index (χ0v) is 9.80. The van der Waals surface area contributed by atoms with Crippen LogP contribution in [0, 0.1) is 13.8 Å². The van der Waals surface area contributed by atoms with Crippen molar-refractivity contribution in [1.29, 1.82) is 0 Å². The van der Waals surface area contributed by atoms with Crippen LogP contribution < -0.4 is 0 Å². The van der Waals surface area contributed by atoms with Crippen LogP contribution in [0.4, 0.5) is 0 Å². The van der Waals surface area contributed by atoms with Crippen molar-refractivity contribution >= 4 is 17.9 Å². The molecule has 0 bridgehead atoms. The van der Waals surface area contributed by atoms with E-state index in [1.54, 1.807) is 0 Å². The first-order valence-corrected chi connectivity index (χ1v) is 5.28. The van der Waals surface area contributed by atoms with Crippen molar-refractivity contribution in [3.05, 3.63) is 40.0 Å². The Kier molecular flexibility index (Phi) is 2.79. The van der Waals surface area contributed by atoms with Crippen LogP contribution >= 0.6 is 11.6 Å². The fourth-order valence-electron chi connectivity index (χ4n) is 1.72. The number of carbonyl (C=O) groups excluding carboxylic acids is 1. The topological polar surface area (TPSA) is 45.8 Å². The Balaban J connectivity index is 2.63. The second-order valence-electron chi connectivity index (χ2n) is 3.74. The molecule has 0 spiro atoms. The van der Waals surface area contributed by atoms with Crippen LogP contribution in [-0.4, -0.2) is 16.5 Å². The number of hydrogen-bond acceptors (Lipinski definition) is 2. The van der Waals surface area contributed by atoms with E-state index >= 15 is 0 Å². The maximum absolute atomic E-state index is 10.9. The van der Waals surface area contributed by atoms with Crippen LogP contribution in [0.1, 0.15) is 21.5 Å². The van der Waals surface area contributed by atoms with Gasteiger partial charge in [0.1, 0.15) is 10.8 Å². The zero-order valence-electron chi connectivity index (χ0n) is 9.04. The van der Waals surface area contributed by atoms with Gasteiger partial charge in [0.15, 0.2) is 6.29 Å². The van der Waals surface area contributed by atoms with E-state index in [4.69, 9.17) is 11.6 Å². The van der Waals surface area contributed by atoms with E-state index in [0.717, 1.165) is 17.4 Å². The van der Waals surface area contributed by atoms with Gasteiger partial charge in [-0.05, 0) is 19.4 Å². The first-order chi connectivity index (χ1) is 7.63. The summed E-state index contributed by atoms with van der Waals surface area (Å²) in [5.74, 6) is 0. The predicted octanol–water partition coefficient (Wildman–Crippen LogP) is 3.16. The van der Waals surface area contributed by atoms with Gasteiger partial charge < -0.3 is 0 Å². The largest absolute Gasteiger partial charge is 0.298 e. The minimum atomic E-state index is 0.282. The first-order valence-electron chi connectivity index (χ1n) is 4.90. The van der Waals surface area contributed by atoms with Gasteiger partial charge in [-0.2, -0.15) is 5.10 Å². The molecule has 2 aromatic rings. The van der Waals surface area contributed by atoms with Crippen molar-refractivity contribution in [1.82, 2.24) is 10.2 Å². The summed E-state index contributed by atoms with van der Waals surface area (Å²) < 4.78 is 0. The Labute approximate surface area is 98.4 Å². The molecular formula is C12H11ClN2O. The van der Waals surface area contributed by atoms with Gasteiger partial charge in [0.25, 0.3) is 0 Å². The molecule has 4 heteroatoms. The Hall–Kier alpha value is -1.61. The Morgan fingerprint density at radius 2 is 2.12 bits per heavy atom. The SMILES string of the molecule is Cc1ccc(-c2n[nH]c(Cl)c2C=O)c(C)c1. The lowest BCUT2D eigenvalue weighted by atomic mass is 10.0. The number of aromatic amines is 1. The molecule has 0 saturated heterocycles. The summed E-state index contributed by atoms with van der Waals surface area (Å²) in [4.78, 5) is 10.9. The molecule has 1 N–H and O–H groups in total. The lowest BCUT2D eigenvalue weighted by Crippen LogP contribution is -1.89. The molecule has 0 aliphatic heterocycles. The van der Waals surface area contributed by atoms with Crippen molar-refractivity contribution in [3.63, 3.8) is 0 Å². The number of nitrogens with zero attached hydrogens (tertiary/aromatic N) is 1. The molecule has 0 fully saturated rings. The summed E-state index contributed by atoms with van der Waals surface area (Å²) in [6.07, 6.45) is 0.723. The molecule has 0 radical (unpaired) electrons. The summed E-state index contributed by atoms with van der Waals surface area (Å²) in [5, 5.41) is 6.95. The Bertz CT molecular complexity index is 546.